The fourth-order valence-electron chi connectivity index (χ4n) is 1.75. The van der Waals surface area contributed by atoms with Crippen molar-refractivity contribution >= 4 is 10.4 Å². The summed E-state index contributed by atoms with van der Waals surface area (Å²) in [5, 5.41) is 0. The molecule has 1 unspecified atom stereocenters. The van der Waals surface area contributed by atoms with Crippen molar-refractivity contribution in [2.45, 2.75) is 12.5 Å². The van der Waals surface area contributed by atoms with Crippen LogP contribution >= 0.6 is 0 Å². The summed E-state index contributed by atoms with van der Waals surface area (Å²) in [5.74, 6) is 0. The zero-order valence-corrected chi connectivity index (χ0v) is 7.63. The summed E-state index contributed by atoms with van der Waals surface area (Å²) in [6.45, 7) is 0. The van der Waals surface area contributed by atoms with Gasteiger partial charge in [0.1, 0.15) is 0 Å². The van der Waals surface area contributed by atoms with Crippen LogP contribution in [0.2, 0.25) is 0 Å². The topological polar surface area (TPSA) is 63.6 Å². The van der Waals surface area contributed by atoms with Gasteiger partial charge in [0.05, 0.1) is 20.5 Å². The molecular weight excluding hydrogens is 182 g/mol. The highest BCUT2D eigenvalue weighted by molar-refractivity contribution is 7.80. The first-order chi connectivity index (χ1) is 5.32. The molecule has 1 N–H and O–H groups in total. The van der Waals surface area contributed by atoms with Gasteiger partial charge in [0.2, 0.25) is 5.70 Å². The third-order valence-electron chi connectivity index (χ3n) is 2.44. The van der Waals surface area contributed by atoms with Gasteiger partial charge >= 0.3 is 10.4 Å². The van der Waals surface area contributed by atoms with E-state index < -0.39 is 16.5 Å². The Labute approximate surface area is 70.8 Å². The molecule has 0 amide bonds. The number of hydrogen-bond acceptors (Lipinski definition) is 3. The average molecular weight is 192 g/mol. The standard InChI is InChI=1S/C6H9NO4S/c1-7(2)4-3-5(6(4)7)11-12(8,9)10/h5H,3H2,1-2H3/p+1. The fraction of sp³-hybridized carbons (Fsp3) is 0.667. The van der Waals surface area contributed by atoms with Crippen molar-refractivity contribution in [3.63, 3.8) is 0 Å². The molecule has 0 bridgehead atoms. The van der Waals surface area contributed by atoms with Crippen LogP contribution < -0.4 is 0 Å². The lowest BCUT2D eigenvalue weighted by atomic mass is 10.1. The maximum atomic E-state index is 10.3. The second kappa shape index (κ2) is 1.90. The van der Waals surface area contributed by atoms with Crippen LogP contribution in [0.15, 0.2) is 11.4 Å². The Morgan fingerprint density at radius 1 is 1.58 bits per heavy atom. The lowest BCUT2D eigenvalue weighted by molar-refractivity contribution is -0.737. The monoisotopic (exact) mass is 192 g/mol. The quantitative estimate of drug-likeness (QED) is 0.489. The van der Waals surface area contributed by atoms with Crippen LogP contribution in [-0.2, 0) is 14.6 Å². The molecule has 0 saturated carbocycles. The molecule has 1 aliphatic heterocycles. The molecule has 0 spiro atoms. The normalized spacial score (nSPS) is 31.1. The van der Waals surface area contributed by atoms with Crippen molar-refractivity contribution in [3.8, 4) is 0 Å². The summed E-state index contributed by atoms with van der Waals surface area (Å²) < 4.78 is 34.1. The highest BCUT2D eigenvalue weighted by Gasteiger charge is 2.64. The molecule has 2 rings (SSSR count). The van der Waals surface area contributed by atoms with Gasteiger partial charge in [-0.15, -0.1) is 0 Å². The third-order valence-corrected chi connectivity index (χ3v) is 2.92. The molecule has 2 aliphatic rings. The van der Waals surface area contributed by atoms with Crippen LogP contribution in [0.5, 0.6) is 0 Å². The van der Waals surface area contributed by atoms with Gasteiger partial charge in [-0.1, -0.05) is 0 Å². The van der Waals surface area contributed by atoms with E-state index in [0.29, 0.717) is 10.9 Å². The molecular formula is C6H10NO4S+. The minimum Gasteiger partial charge on any atom is -0.264 e. The van der Waals surface area contributed by atoms with Gasteiger partial charge in [-0.25, -0.2) is 4.18 Å². The maximum absolute atomic E-state index is 10.3. The predicted octanol–water partition coefficient (Wildman–Crippen LogP) is -0.120. The summed E-state index contributed by atoms with van der Waals surface area (Å²) in [4.78, 5) is 0. The van der Waals surface area contributed by atoms with E-state index in [4.69, 9.17) is 4.55 Å². The average Bonchev–Trinajstić information content (AvgIpc) is 2.17. The van der Waals surface area contributed by atoms with E-state index in [1.807, 2.05) is 14.1 Å². The molecule has 68 valence electrons. The summed E-state index contributed by atoms with van der Waals surface area (Å²) in [6.07, 6.45) is 0.187. The van der Waals surface area contributed by atoms with Crippen LogP contribution in [0.3, 0.4) is 0 Å². The zero-order chi connectivity index (χ0) is 9.15. The van der Waals surface area contributed by atoms with Gasteiger partial charge in [0.15, 0.2) is 11.8 Å². The lowest BCUT2D eigenvalue weighted by Gasteiger charge is -2.07. The molecule has 1 aliphatic carbocycles. The van der Waals surface area contributed by atoms with Crippen molar-refractivity contribution in [1.29, 1.82) is 0 Å². The number of quaternary nitrogens is 1. The first-order valence-electron chi connectivity index (χ1n) is 3.56. The van der Waals surface area contributed by atoms with E-state index >= 15 is 0 Å². The Kier molecular flexibility index (Phi) is 1.30. The summed E-state index contributed by atoms with van der Waals surface area (Å²) >= 11 is 0. The number of hydrogen-bond donors (Lipinski definition) is 1. The summed E-state index contributed by atoms with van der Waals surface area (Å²) in [6, 6.07) is 0. The molecule has 12 heavy (non-hydrogen) atoms. The predicted molar refractivity (Wildman–Crippen MR) is 40.2 cm³/mol. The molecule has 5 nitrogen and oxygen atoms in total. The molecule has 6 heteroatoms. The molecule has 0 saturated heterocycles. The van der Waals surface area contributed by atoms with E-state index in [1.165, 1.54) is 5.70 Å². The molecule has 0 aromatic carbocycles. The Morgan fingerprint density at radius 3 is 2.42 bits per heavy atom. The second-order valence-corrected chi connectivity index (χ2v) is 4.55. The van der Waals surface area contributed by atoms with Gasteiger partial charge in [0, 0.05) is 0 Å². The minimum atomic E-state index is -4.28. The summed E-state index contributed by atoms with van der Waals surface area (Å²) in [7, 11) is -0.372. The Bertz CT molecular complexity index is 367. The van der Waals surface area contributed by atoms with Gasteiger partial charge in [-0.2, -0.15) is 8.42 Å². The van der Waals surface area contributed by atoms with Crippen LogP contribution in [0.4, 0.5) is 0 Å². The highest BCUT2D eigenvalue weighted by Crippen LogP contribution is 2.55. The van der Waals surface area contributed by atoms with Gasteiger partial charge < -0.3 is 0 Å². The second-order valence-electron chi connectivity index (χ2n) is 3.50. The smallest absolute Gasteiger partial charge is 0.264 e. The number of likely N-dealkylation sites (N-methyl/N-ethyl adjacent to an activating group) is 1. The third kappa shape index (κ3) is 0.996. The summed E-state index contributed by atoms with van der Waals surface area (Å²) in [5.41, 5.74) is 2.19. The van der Waals surface area contributed by atoms with E-state index in [2.05, 4.69) is 4.18 Å². The largest absolute Gasteiger partial charge is 0.398 e. The van der Waals surface area contributed by atoms with E-state index in [1.54, 1.807) is 0 Å². The lowest BCUT2D eigenvalue weighted by Crippen LogP contribution is -2.22. The molecule has 0 fully saturated rings. The Hall–Kier alpha value is -0.430. The number of likely N-dealkylation sites (tertiary alicyclic amines) is 1. The minimum absolute atomic E-state index is 0.426. The zero-order valence-electron chi connectivity index (χ0n) is 6.81. The van der Waals surface area contributed by atoms with E-state index in [0.717, 1.165) is 5.70 Å². The molecule has 0 aromatic heterocycles. The van der Waals surface area contributed by atoms with Crippen molar-refractivity contribution in [1.82, 2.24) is 0 Å². The van der Waals surface area contributed by atoms with Crippen LogP contribution in [-0.4, -0.2) is 37.7 Å². The van der Waals surface area contributed by atoms with Crippen LogP contribution in [0, 0.1) is 0 Å². The number of nitrogens with zero attached hydrogens (tertiary/aromatic N) is 1. The van der Waals surface area contributed by atoms with Crippen LogP contribution in [0.25, 0.3) is 0 Å². The number of rotatable bonds is 2. The molecule has 0 radical (unpaired) electrons. The van der Waals surface area contributed by atoms with Crippen molar-refractivity contribution in [3.05, 3.63) is 11.4 Å². The Balaban J connectivity index is 2.03. The van der Waals surface area contributed by atoms with E-state index in [9.17, 15) is 8.42 Å². The van der Waals surface area contributed by atoms with Crippen molar-refractivity contribution in [2.75, 3.05) is 14.1 Å². The molecule has 0 aromatic rings. The van der Waals surface area contributed by atoms with Crippen molar-refractivity contribution in [2.24, 2.45) is 0 Å². The molecule has 1 heterocycles. The Morgan fingerprint density at radius 2 is 2.17 bits per heavy atom. The van der Waals surface area contributed by atoms with Crippen LogP contribution in [0.1, 0.15) is 6.42 Å². The molecule has 1 atom stereocenters. The SMILES string of the molecule is C[N+]1(C)C2=C1C(OS(=O)(=O)O)C2. The van der Waals surface area contributed by atoms with Gasteiger partial charge in [-0.3, -0.25) is 9.04 Å². The maximum Gasteiger partial charge on any atom is 0.398 e. The van der Waals surface area contributed by atoms with E-state index in [-0.39, 0.29) is 0 Å². The highest BCUT2D eigenvalue weighted by atomic mass is 32.3. The van der Waals surface area contributed by atoms with Gasteiger partial charge in [0.25, 0.3) is 0 Å². The first-order valence-corrected chi connectivity index (χ1v) is 4.93. The van der Waals surface area contributed by atoms with Crippen molar-refractivity contribution < 1.29 is 21.6 Å². The van der Waals surface area contributed by atoms with Gasteiger partial charge in [-0.05, 0) is 0 Å². The first kappa shape index (κ1) is 8.18. The fourth-order valence-corrected chi connectivity index (χ4v) is 2.20.